The van der Waals surface area contributed by atoms with Crippen LogP contribution in [0, 0.1) is 0 Å². The molecule has 0 unspecified atom stereocenters. The van der Waals surface area contributed by atoms with E-state index in [4.69, 9.17) is 14.9 Å². The second kappa shape index (κ2) is 5.41. The van der Waals surface area contributed by atoms with E-state index in [0.717, 1.165) is 11.1 Å². The number of hydrogen-bond acceptors (Lipinski definition) is 5. The Hall–Kier alpha value is -2.60. The summed E-state index contributed by atoms with van der Waals surface area (Å²) in [7, 11) is 1.60. The predicted molar refractivity (Wildman–Crippen MR) is 78.3 cm³/mol. The van der Waals surface area contributed by atoms with Crippen molar-refractivity contribution in [3.63, 3.8) is 0 Å². The number of nitrogens with zero attached hydrogens (tertiary/aromatic N) is 2. The Labute approximate surface area is 120 Å². The molecule has 0 saturated heterocycles. The molecule has 108 valence electrons. The molecule has 3 aromatic rings. The number of nitrogens with two attached hydrogens (primary N) is 1. The summed E-state index contributed by atoms with van der Waals surface area (Å²) in [6.07, 6.45) is 1.63. The van der Waals surface area contributed by atoms with Crippen molar-refractivity contribution in [3.8, 4) is 5.75 Å². The number of fused-ring (bicyclic) bond motifs is 1. The van der Waals surface area contributed by atoms with Crippen LogP contribution in [0.5, 0.6) is 5.75 Å². The molecule has 0 fully saturated rings. The fourth-order valence-corrected chi connectivity index (χ4v) is 2.28. The summed E-state index contributed by atoms with van der Waals surface area (Å²) in [5.41, 5.74) is 8.50. The van der Waals surface area contributed by atoms with Gasteiger partial charge in [0, 0.05) is 18.3 Å². The normalized spacial score (nSPS) is 11.0. The fourth-order valence-electron chi connectivity index (χ4n) is 2.28. The maximum atomic E-state index is 11.9. The van der Waals surface area contributed by atoms with E-state index in [2.05, 4.69) is 4.98 Å². The second-order valence-electron chi connectivity index (χ2n) is 4.63. The molecule has 3 rings (SSSR count). The number of benzene rings is 1. The molecule has 2 aromatic heterocycles. The molecule has 2 N–H and O–H groups in total. The van der Waals surface area contributed by atoms with Gasteiger partial charge in [0.15, 0.2) is 11.2 Å². The molecule has 0 amide bonds. The van der Waals surface area contributed by atoms with Crippen molar-refractivity contribution >= 4 is 11.2 Å². The molecule has 21 heavy (non-hydrogen) atoms. The summed E-state index contributed by atoms with van der Waals surface area (Å²) in [5, 5.41) is 0. The number of hydrogen-bond donors (Lipinski definition) is 1. The van der Waals surface area contributed by atoms with Crippen LogP contribution >= 0.6 is 0 Å². The number of pyridine rings is 1. The first-order valence-electron chi connectivity index (χ1n) is 6.53. The van der Waals surface area contributed by atoms with Crippen LogP contribution in [0.25, 0.3) is 11.2 Å². The highest BCUT2D eigenvalue weighted by molar-refractivity contribution is 5.67. The molecule has 0 bridgehead atoms. The van der Waals surface area contributed by atoms with Gasteiger partial charge in [-0.3, -0.25) is 4.57 Å². The van der Waals surface area contributed by atoms with Crippen LogP contribution in [-0.4, -0.2) is 16.7 Å². The summed E-state index contributed by atoms with van der Waals surface area (Å²) < 4.78 is 12.0. The van der Waals surface area contributed by atoms with E-state index in [1.807, 2.05) is 18.2 Å². The maximum absolute atomic E-state index is 11.9. The minimum atomic E-state index is -0.425. The molecule has 2 heterocycles. The number of ether oxygens (including phenoxy) is 1. The molecule has 0 atom stereocenters. The van der Waals surface area contributed by atoms with Crippen LogP contribution in [0.4, 0.5) is 0 Å². The van der Waals surface area contributed by atoms with E-state index in [9.17, 15) is 4.79 Å². The van der Waals surface area contributed by atoms with Gasteiger partial charge in [-0.15, -0.1) is 0 Å². The maximum Gasteiger partial charge on any atom is 0.421 e. The third-order valence-corrected chi connectivity index (χ3v) is 3.34. The van der Waals surface area contributed by atoms with Crippen molar-refractivity contribution in [1.29, 1.82) is 0 Å². The summed E-state index contributed by atoms with van der Waals surface area (Å²) in [6, 6.07) is 9.14. The van der Waals surface area contributed by atoms with Gasteiger partial charge < -0.3 is 14.9 Å². The van der Waals surface area contributed by atoms with Crippen molar-refractivity contribution < 1.29 is 9.15 Å². The van der Waals surface area contributed by atoms with E-state index in [1.165, 1.54) is 4.57 Å². The van der Waals surface area contributed by atoms with Crippen molar-refractivity contribution in [2.24, 2.45) is 5.73 Å². The minimum Gasteiger partial charge on any atom is -0.496 e. The zero-order valence-electron chi connectivity index (χ0n) is 11.6. The Kier molecular flexibility index (Phi) is 3.45. The van der Waals surface area contributed by atoms with Crippen molar-refractivity contribution in [2.45, 2.75) is 13.1 Å². The molecule has 0 saturated carbocycles. The highest BCUT2D eigenvalue weighted by Crippen LogP contribution is 2.21. The third-order valence-electron chi connectivity index (χ3n) is 3.34. The van der Waals surface area contributed by atoms with E-state index >= 15 is 0 Å². The smallest absolute Gasteiger partial charge is 0.421 e. The summed E-state index contributed by atoms with van der Waals surface area (Å²) in [6.45, 7) is 0.768. The first-order valence-corrected chi connectivity index (χ1v) is 6.53. The van der Waals surface area contributed by atoms with Gasteiger partial charge in [-0.2, -0.15) is 0 Å². The van der Waals surface area contributed by atoms with Crippen LogP contribution in [0.15, 0.2) is 45.7 Å². The van der Waals surface area contributed by atoms with Crippen LogP contribution < -0.4 is 16.2 Å². The quantitative estimate of drug-likeness (QED) is 0.785. The molecule has 0 aliphatic rings. The van der Waals surface area contributed by atoms with Gasteiger partial charge in [-0.05, 0) is 23.8 Å². The van der Waals surface area contributed by atoms with Gasteiger partial charge in [0.2, 0.25) is 0 Å². The van der Waals surface area contributed by atoms with Crippen LogP contribution in [0.3, 0.4) is 0 Å². The first kappa shape index (κ1) is 13.4. The van der Waals surface area contributed by atoms with Crippen LogP contribution in [0.2, 0.25) is 0 Å². The van der Waals surface area contributed by atoms with Gasteiger partial charge in [0.25, 0.3) is 0 Å². The second-order valence-corrected chi connectivity index (χ2v) is 4.63. The number of aromatic nitrogens is 2. The van der Waals surface area contributed by atoms with Gasteiger partial charge >= 0.3 is 5.76 Å². The van der Waals surface area contributed by atoms with E-state index in [1.54, 1.807) is 25.4 Å². The highest BCUT2D eigenvalue weighted by atomic mass is 16.5. The predicted octanol–water partition coefficient (Wildman–Crippen LogP) is 1.51. The van der Waals surface area contributed by atoms with E-state index in [0.29, 0.717) is 30.1 Å². The first-order chi connectivity index (χ1) is 10.2. The lowest BCUT2D eigenvalue weighted by molar-refractivity contribution is 0.409. The summed E-state index contributed by atoms with van der Waals surface area (Å²) in [4.78, 5) is 16.1. The number of oxazole rings is 1. The Morgan fingerprint density at radius 3 is 3.00 bits per heavy atom. The van der Waals surface area contributed by atoms with Gasteiger partial charge in [0.1, 0.15) is 5.75 Å². The van der Waals surface area contributed by atoms with Gasteiger partial charge in [0.05, 0.1) is 13.7 Å². The standard InChI is InChI=1S/C15H15N3O3/c1-20-13-7-10(4-5-11(13)8-16)9-18-14-12(21-15(18)19)3-2-6-17-14/h2-7H,8-9,16H2,1H3. The van der Waals surface area contributed by atoms with Crippen LogP contribution in [-0.2, 0) is 13.1 Å². The number of methoxy groups -OCH3 is 1. The fraction of sp³-hybridized carbons (Fsp3) is 0.200. The van der Waals surface area contributed by atoms with Crippen molar-refractivity contribution in [1.82, 2.24) is 9.55 Å². The Balaban J connectivity index is 2.03. The van der Waals surface area contributed by atoms with Crippen molar-refractivity contribution in [3.05, 3.63) is 58.2 Å². The van der Waals surface area contributed by atoms with E-state index < -0.39 is 5.76 Å². The molecule has 0 radical (unpaired) electrons. The molecule has 6 heteroatoms. The van der Waals surface area contributed by atoms with Gasteiger partial charge in [-0.1, -0.05) is 12.1 Å². The highest BCUT2D eigenvalue weighted by Gasteiger charge is 2.11. The molecular weight excluding hydrogens is 270 g/mol. The average Bonchev–Trinajstić information content (AvgIpc) is 2.83. The lowest BCUT2D eigenvalue weighted by atomic mass is 10.1. The molecular formula is C15H15N3O3. The molecule has 0 aliphatic heterocycles. The summed E-state index contributed by atoms with van der Waals surface area (Å²) in [5.74, 6) is 0.286. The lowest BCUT2D eigenvalue weighted by Crippen LogP contribution is -2.15. The topological polar surface area (TPSA) is 83.3 Å². The number of rotatable bonds is 4. The zero-order valence-corrected chi connectivity index (χ0v) is 11.6. The molecule has 0 aliphatic carbocycles. The average molecular weight is 285 g/mol. The third kappa shape index (κ3) is 2.41. The molecule has 1 aromatic carbocycles. The molecule has 0 spiro atoms. The van der Waals surface area contributed by atoms with Gasteiger partial charge in [-0.25, -0.2) is 9.78 Å². The Morgan fingerprint density at radius 2 is 2.24 bits per heavy atom. The summed E-state index contributed by atoms with van der Waals surface area (Å²) >= 11 is 0. The Bertz CT molecular complexity index is 836. The SMILES string of the molecule is COc1cc(Cn2c(=O)oc3cccnc32)ccc1CN. The zero-order chi connectivity index (χ0) is 14.8. The van der Waals surface area contributed by atoms with E-state index in [-0.39, 0.29) is 0 Å². The largest absolute Gasteiger partial charge is 0.496 e. The monoisotopic (exact) mass is 285 g/mol. The lowest BCUT2D eigenvalue weighted by Gasteiger charge is -2.09. The van der Waals surface area contributed by atoms with Crippen LogP contribution in [0.1, 0.15) is 11.1 Å². The Morgan fingerprint density at radius 1 is 1.38 bits per heavy atom. The minimum absolute atomic E-state index is 0.365. The van der Waals surface area contributed by atoms with Crippen molar-refractivity contribution in [2.75, 3.05) is 7.11 Å². The molecule has 6 nitrogen and oxygen atoms in total.